The topological polar surface area (TPSA) is 63.1 Å². The van der Waals surface area contributed by atoms with E-state index < -0.39 is 5.97 Å². The molecule has 0 fully saturated rings. The Morgan fingerprint density at radius 1 is 1.44 bits per heavy atom. The predicted octanol–water partition coefficient (Wildman–Crippen LogP) is 2.97. The van der Waals surface area contributed by atoms with Crippen molar-refractivity contribution >= 4 is 33.2 Å². The lowest BCUT2D eigenvalue weighted by atomic mass is 10.3. The fraction of sp³-hybridized carbons (Fsp3) is 0.100. The lowest BCUT2D eigenvalue weighted by Gasteiger charge is -2.00. The molecule has 0 spiro atoms. The molecule has 0 radical (unpaired) electrons. The SMILES string of the molecule is Cc1cc(C(=O)O)nc(-c2cc(Br)cs2)n1. The van der Waals surface area contributed by atoms with E-state index in [0.29, 0.717) is 11.5 Å². The van der Waals surface area contributed by atoms with Gasteiger partial charge in [0.15, 0.2) is 11.5 Å². The highest BCUT2D eigenvalue weighted by Gasteiger charge is 2.11. The van der Waals surface area contributed by atoms with Crippen molar-refractivity contribution < 1.29 is 9.90 Å². The van der Waals surface area contributed by atoms with Crippen molar-refractivity contribution in [3.8, 4) is 10.7 Å². The number of halogens is 1. The maximum Gasteiger partial charge on any atom is 0.354 e. The van der Waals surface area contributed by atoms with E-state index in [0.717, 1.165) is 9.35 Å². The molecule has 4 nitrogen and oxygen atoms in total. The number of aryl methyl sites for hydroxylation is 1. The third kappa shape index (κ3) is 2.28. The van der Waals surface area contributed by atoms with Gasteiger partial charge >= 0.3 is 5.97 Å². The smallest absolute Gasteiger partial charge is 0.354 e. The molecule has 1 N–H and O–H groups in total. The minimum absolute atomic E-state index is 0.0204. The molecular weight excluding hydrogens is 292 g/mol. The number of rotatable bonds is 2. The van der Waals surface area contributed by atoms with Crippen LogP contribution < -0.4 is 0 Å². The van der Waals surface area contributed by atoms with Crippen molar-refractivity contribution in [2.75, 3.05) is 0 Å². The van der Waals surface area contributed by atoms with Crippen LogP contribution in [0.3, 0.4) is 0 Å². The molecular formula is C10H7BrN2O2S. The van der Waals surface area contributed by atoms with Crippen LogP contribution in [0.2, 0.25) is 0 Å². The van der Waals surface area contributed by atoms with Crippen LogP contribution in [0.25, 0.3) is 10.7 Å². The Bertz CT molecular complexity index is 554. The number of carbonyl (C=O) groups is 1. The van der Waals surface area contributed by atoms with Gasteiger partial charge in [-0.3, -0.25) is 0 Å². The summed E-state index contributed by atoms with van der Waals surface area (Å²) in [6, 6.07) is 3.32. The van der Waals surface area contributed by atoms with Crippen LogP contribution in [0.5, 0.6) is 0 Å². The van der Waals surface area contributed by atoms with Crippen LogP contribution in [0.15, 0.2) is 22.0 Å². The van der Waals surface area contributed by atoms with Gasteiger partial charge in [-0.1, -0.05) is 0 Å². The fourth-order valence-corrected chi connectivity index (χ4v) is 2.58. The van der Waals surface area contributed by atoms with E-state index >= 15 is 0 Å². The van der Waals surface area contributed by atoms with Gasteiger partial charge in [-0.25, -0.2) is 14.8 Å². The molecule has 0 bridgehead atoms. The summed E-state index contributed by atoms with van der Waals surface area (Å²) in [6.07, 6.45) is 0. The van der Waals surface area contributed by atoms with Crippen molar-refractivity contribution in [1.82, 2.24) is 9.97 Å². The molecule has 0 saturated carbocycles. The van der Waals surface area contributed by atoms with Crippen molar-refractivity contribution in [1.29, 1.82) is 0 Å². The molecule has 0 saturated heterocycles. The summed E-state index contributed by atoms with van der Waals surface area (Å²) in [5.74, 6) is -0.588. The Labute approximate surface area is 104 Å². The monoisotopic (exact) mass is 298 g/mol. The van der Waals surface area contributed by atoms with E-state index in [1.54, 1.807) is 6.92 Å². The van der Waals surface area contributed by atoms with Gasteiger partial charge in [0.05, 0.1) is 4.88 Å². The second kappa shape index (κ2) is 4.31. The Kier molecular flexibility index (Phi) is 3.02. The highest BCUT2D eigenvalue weighted by Crippen LogP contribution is 2.27. The van der Waals surface area contributed by atoms with Gasteiger partial charge < -0.3 is 5.11 Å². The van der Waals surface area contributed by atoms with Crippen molar-refractivity contribution in [2.24, 2.45) is 0 Å². The predicted molar refractivity (Wildman–Crippen MR) is 64.7 cm³/mol. The molecule has 6 heteroatoms. The lowest BCUT2D eigenvalue weighted by Crippen LogP contribution is -2.03. The molecule has 2 rings (SSSR count). The number of nitrogens with zero attached hydrogens (tertiary/aromatic N) is 2. The number of hydrogen-bond donors (Lipinski definition) is 1. The molecule has 0 aromatic carbocycles. The number of carboxylic acids is 1. The first-order chi connectivity index (χ1) is 7.56. The summed E-state index contributed by atoms with van der Waals surface area (Å²) >= 11 is 4.80. The number of carboxylic acid groups (broad SMARTS) is 1. The van der Waals surface area contributed by atoms with E-state index in [9.17, 15) is 4.79 Å². The van der Waals surface area contributed by atoms with Crippen molar-refractivity contribution in [2.45, 2.75) is 6.92 Å². The standard InChI is InChI=1S/C10H7BrN2O2S/c1-5-2-7(10(14)15)13-9(12-5)8-3-6(11)4-16-8/h2-4H,1H3,(H,14,15). The van der Waals surface area contributed by atoms with E-state index in [4.69, 9.17) is 5.11 Å². The molecule has 2 aromatic rings. The van der Waals surface area contributed by atoms with E-state index in [2.05, 4.69) is 25.9 Å². The fourth-order valence-electron chi connectivity index (χ4n) is 1.22. The number of aromatic nitrogens is 2. The molecule has 0 aliphatic carbocycles. The Morgan fingerprint density at radius 3 is 2.75 bits per heavy atom. The second-order valence-electron chi connectivity index (χ2n) is 3.15. The van der Waals surface area contributed by atoms with E-state index in [-0.39, 0.29) is 5.69 Å². The Balaban J connectivity index is 2.53. The van der Waals surface area contributed by atoms with Crippen LogP contribution >= 0.6 is 27.3 Å². The van der Waals surface area contributed by atoms with Crippen LogP contribution in [0.4, 0.5) is 0 Å². The third-order valence-electron chi connectivity index (χ3n) is 1.86. The first-order valence-corrected chi connectivity index (χ1v) is 6.07. The molecule has 0 atom stereocenters. The Hall–Kier alpha value is -1.27. The average molecular weight is 299 g/mol. The summed E-state index contributed by atoms with van der Waals surface area (Å²) in [6.45, 7) is 1.75. The zero-order valence-corrected chi connectivity index (χ0v) is 10.7. The molecule has 2 aromatic heterocycles. The lowest BCUT2D eigenvalue weighted by molar-refractivity contribution is 0.0690. The molecule has 0 unspecified atom stereocenters. The summed E-state index contributed by atoms with van der Waals surface area (Å²) in [5.41, 5.74) is 0.666. The van der Waals surface area contributed by atoms with Gasteiger partial charge in [0.25, 0.3) is 0 Å². The van der Waals surface area contributed by atoms with Crippen molar-refractivity contribution in [3.63, 3.8) is 0 Å². The van der Waals surface area contributed by atoms with Crippen LogP contribution in [0.1, 0.15) is 16.2 Å². The number of hydrogen-bond acceptors (Lipinski definition) is 4. The van der Waals surface area contributed by atoms with Gasteiger partial charge in [0, 0.05) is 15.5 Å². The molecule has 0 amide bonds. The van der Waals surface area contributed by atoms with Gasteiger partial charge in [0.2, 0.25) is 0 Å². The summed E-state index contributed by atoms with van der Waals surface area (Å²) in [7, 11) is 0. The zero-order chi connectivity index (χ0) is 11.7. The Morgan fingerprint density at radius 2 is 2.19 bits per heavy atom. The molecule has 2 heterocycles. The van der Waals surface area contributed by atoms with Gasteiger partial charge in [0.1, 0.15) is 0 Å². The number of thiophene rings is 1. The van der Waals surface area contributed by atoms with E-state index in [1.165, 1.54) is 17.4 Å². The highest BCUT2D eigenvalue weighted by molar-refractivity contribution is 9.10. The summed E-state index contributed by atoms with van der Waals surface area (Å²) < 4.78 is 0.939. The number of aromatic carboxylic acids is 1. The van der Waals surface area contributed by atoms with Crippen LogP contribution in [-0.2, 0) is 0 Å². The second-order valence-corrected chi connectivity index (χ2v) is 4.98. The maximum absolute atomic E-state index is 10.8. The summed E-state index contributed by atoms with van der Waals surface area (Å²) in [5, 5.41) is 10.8. The minimum Gasteiger partial charge on any atom is -0.477 e. The van der Waals surface area contributed by atoms with Crippen LogP contribution in [0, 0.1) is 6.92 Å². The maximum atomic E-state index is 10.8. The molecule has 0 aliphatic heterocycles. The van der Waals surface area contributed by atoms with Gasteiger partial charge in [-0.15, -0.1) is 11.3 Å². The summed E-state index contributed by atoms with van der Waals surface area (Å²) in [4.78, 5) is 19.9. The normalized spacial score (nSPS) is 10.4. The minimum atomic E-state index is -1.04. The molecule has 82 valence electrons. The molecule has 16 heavy (non-hydrogen) atoms. The highest BCUT2D eigenvalue weighted by atomic mass is 79.9. The van der Waals surface area contributed by atoms with Crippen molar-refractivity contribution in [3.05, 3.63) is 33.4 Å². The van der Waals surface area contributed by atoms with Crippen LogP contribution in [-0.4, -0.2) is 21.0 Å². The molecule has 0 aliphatic rings. The first-order valence-electron chi connectivity index (χ1n) is 4.39. The van der Waals surface area contributed by atoms with E-state index in [1.807, 2.05) is 11.4 Å². The third-order valence-corrected chi connectivity index (χ3v) is 3.55. The van der Waals surface area contributed by atoms with Gasteiger partial charge in [-0.2, -0.15) is 0 Å². The first kappa shape index (κ1) is 11.2. The van der Waals surface area contributed by atoms with Gasteiger partial charge in [-0.05, 0) is 35.0 Å². The zero-order valence-electron chi connectivity index (χ0n) is 8.27. The largest absolute Gasteiger partial charge is 0.477 e. The average Bonchev–Trinajstić information content (AvgIpc) is 2.64. The quantitative estimate of drug-likeness (QED) is 0.926.